The number of furan rings is 1. The van der Waals surface area contributed by atoms with E-state index >= 15 is 0 Å². The Hall–Kier alpha value is -2.80. The van der Waals surface area contributed by atoms with Crippen molar-refractivity contribution in [2.45, 2.75) is 6.18 Å². The zero-order valence-electron chi connectivity index (χ0n) is 12.9. The number of benzene rings is 1. The van der Waals surface area contributed by atoms with Crippen LogP contribution in [0.4, 0.5) is 17.6 Å². The van der Waals surface area contributed by atoms with Gasteiger partial charge in [-0.2, -0.15) is 13.2 Å². The molecule has 0 saturated carbocycles. The number of imidazole rings is 1. The second kappa shape index (κ2) is 5.88. The summed E-state index contributed by atoms with van der Waals surface area (Å²) in [7, 11) is 0. The molecule has 0 unspecified atom stereocenters. The van der Waals surface area contributed by atoms with Gasteiger partial charge in [0.15, 0.2) is 5.65 Å². The molecular weight excluding hydrogens is 372 g/mol. The molecule has 3 nitrogen and oxygen atoms in total. The van der Waals surface area contributed by atoms with E-state index in [1.54, 1.807) is 6.07 Å². The van der Waals surface area contributed by atoms with E-state index in [2.05, 4.69) is 4.98 Å². The Balaban J connectivity index is 2.03. The van der Waals surface area contributed by atoms with Gasteiger partial charge in [0.2, 0.25) is 0 Å². The Morgan fingerprint density at radius 1 is 1.04 bits per heavy atom. The number of halogens is 5. The van der Waals surface area contributed by atoms with Gasteiger partial charge in [-0.05, 0) is 24.3 Å². The van der Waals surface area contributed by atoms with E-state index in [0.717, 1.165) is 16.5 Å². The molecule has 1 aromatic carbocycles. The van der Waals surface area contributed by atoms with Gasteiger partial charge in [0.05, 0.1) is 18.1 Å². The quantitative estimate of drug-likeness (QED) is 0.395. The summed E-state index contributed by atoms with van der Waals surface area (Å²) in [4.78, 5) is 4.03. The van der Waals surface area contributed by atoms with Crippen molar-refractivity contribution in [3.05, 3.63) is 71.7 Å². The van der Waals surface area contributed by atoms with Gasteiger partial charge in [-0.3, -0.25) is 4.40 Å². The van der Waals surface area contributed by atoms with Crippen molar-refractivity contribution in [1.29, 1.82) is 0 Å². The van der Waals surface area contributed by atoms with Gasteiger partial charge in [0.1, 0.15) is 16.7 Å². The predicted octanol–water partition coefficient (Wildman–Crippen LogP) is 6.07. The summed E-state index contributed by atoms with van der Waals surface area (Å²) in [5.74, 6) is -0.536. The smallest absolute Gasteiger partial charge is 0.420 e. The summed E-state index contributed by atoms with van der Waals surface area (Å²) in [6, 6.07) is 7.88. The Labute approximate surface area is 149 Å². The third-order valence-electron chi connectivity index (χ3n) is 3.92. The highest BCUT2D eigenvalue weighted by atomic mass is 35.5. The number of alkyl halides is 3. The van der Waals surface area contributed by atoms with Crippen molar-refractivity contribution < 1.29 is 22.0 Å². The average Bonchev–Trinajstić information content (AvgIpc) is 3.22. The van der Waals surface area contributed by atoms with Crippen LogP contribution < -0.4 is 0 Å². The molecule has 0 N–H and O–H groups in total. The van der Waals surface area contributed by atoms with Crippen LogP contribution in [0.5, 0.6) is 0 Å². The zero-order chi connectivity index (χ0) is 18.5. The number of aromatic nitrogens is 2. The molecule has 0 bridgehead atoms. The minimum Gasteiger partial charge on any atom is -0.472 e. The summed E-state index contributed by atoms with van der Waals surface area (Å²) in [5.41, 5.74) is -0.203. The van der Waals surface area contributed by atoms with E-state index in [4.69, 9.17) is 16.0 Å². The minimum absolute atomic E-state index is 0.0403. The van der Waals surface area contributed by atoms with E-state index in [9.17, 15) is 17.6 Å². The molecule has 3 aromatic heterocycles. The maximum Gasteiger partial charge on any atom is 0.420 e. The molecular formula is C18H9ClF4N2O. The largest absolute Gasteiger partial charge is 0.472 e. The highest BCUT2D eigenvalue weighted by Gasteiger charge is 2.35. The topological polar surface area (TPSA) is 30.4 Å². The number of hydrogen-bond donors (Lipinski definition) is 0. The zero-order valence-corrected chi connectivity index (χ0v) is 13.6. The molecule has 26 heavy (non-hydrogen) atoms. The van der Waals surface area contributed by atoms with Gasteiger partial charge in [-0.25, -0.2) is 9.37 Å². The van der Waals surface area contributed by atoms with Crippen LogP contribution in [-0.4, -0.2) is 9.38 Å². The molecule has 8 heteroatoms. The lowest BCUT2D eigenvalue weighted by Gasteiger charge is -2.10. The fourth-order valence-corrected chi connectivity index (χ4v) is 3.01. The molecule has 0 aliphatic rings. The molecule has 0 spiro atoms. The molecule has 4 aromatic rings. The van der Waals surface area contributed by atoms with Gasteiger partial charge >= 0.3 is 6.18 Å². The first kappa shape index (κ1) is 16.7. The van der Waals surface area contributed by atoms with Crippen molar-refractivity contribution in [2.24, 2.45) is 0 Å². The van der Waals surface area contributed by atoms with Crippen LogP contribution in [0, 0.1) is 5.82 Å². The maximum absolute atomic E-state index is 13.6. The Morgan fingerprint density at radius 3 is 2.50 bits per heavy atom. The molecule has 0 atom stereocenters. The molecule has 0 fully saturated rings. The third kappa shape index (κ3) is 2.74. The number of nitrogens with zero attached hydrogens (tertiary/aromatic N) is 2. The van der Waals surface area contributed by atoms with Crippen LogP contribution in [0.1, 0.15) is 5.56 Å². The normalized spacial score (nSPS) is 12.0. The molecule has 3 heterocycles. The molecule has 4 rings (SSSR count). The van der Waals surface area contributed by atoms with E-state index in [-0.39, 0.29) is 27.6 Å². The third-order valence-corrected chi connectivity index (χ3v) is 4.28. The van der Waals surface area contributed by atoms with Crippen LogP contribution in [-0.2, 0) is 6.18 Å². The van der Waals surface area contributed by atoms with E-state index in [1.165, 1.54) is 36.9 Å². The monoisotopic (exact) mass is 380 g/mol. The fourth-order valence-electron chi connectivity index (χ4n) is 2.73. The van der Waals surface area contributed by atoms with E-state index in [1.807, 2.05) is 0 Å². The van der Waals surface area contributed by atoms with Crippen LogP contribution >= 0.6 is 11.6 Å². The summed E-state index contributed by atoms with van der Waals surface area (Å²) < 4.78 is 60.3. The molecule has 0 saturated heterocycles. The first-order valence-electron chi connectivity index (χ1n) is 7.42. The Bertz CT molecular complexity index is 1100. The highest BCUT2D eigenvalue weighted by molar-refractivity contribution is 6.32. The molecule has 0 amide bonds. The van der Waals surface area contributed by atoms with Gasteiger partial charge in [-0.15, -0.1) is 0 Å². The van der Waals surface area contributed by atoms with Crippen molar-refractivity contribution in [3.63, 3.8) is 0 Å². The average molecular weight is 381 g/mol. The Kier molecular flexibility index (Phi) is 3.77. The standard InChI is InChI=1S/C18H9ClF4N2O/c19-16-15(10-2-1-3-13(20)6-10)24-17-14(18(21,22)23)7-12(8-25(16)17)11-4-5-26-9-11/h1-9H. The number of rotatable bonds is 2. The molecule has 0 aliphatic heterocycles. The molecule has 0 radical (unpaired) electrons. The van der Waals surface area contributed by atoms with Crippen molar-refractivity contribution >= 4 is 17.2 Å². The first-order chi connectivity index (χ1) is 12.3. The highest BCUT2D eigenvalue weighted by Crippen LogP contribution is 2.38. The maximum atomic E-state index is 13.6. The van der Waals surface area contributed by atoms with Gasteiger partial charge in [0, 0.05) is 22.9 Å². The number of fused-ring (bicyclic) bond motifs is 1. The van der Waals surface area contributed by atoms with Crippen LogP contribution in [0.3, 0.4) is 0 Å². The van der Waals surface area contributed by atoms with Gasteiger partial charge < -0.3 is 4.42 Å². The molecule has 0 aliphatic carbocycles. The van der Waals surface area contributed by atoms with Crippen LogP contribution in [0.15, 0.2) is 59.5 Å². The fraction of sp³-hybridized carbons (Fsp3) is 0.0556. The summed E-state index contributed by atoms with van der Waals surface area (Å²) in [6.45, 7) is 0. The lowest BCUT2D eigenvalue weighted by molar-refractivity contribution is -0.136. The summed E-state index contributed by atoms with van der Waals surface area (Å²) in [5, 5.41) is -0.0403. The first-order valence-corrected chi connectivity index (χ1v) is 7.79. The molecule has 132 valence electrons. The summed E-state index contributed by atoms with van der Waals surface area (Å²) in [6.07, 6.45) is -0.511. The van der Waals surface area contributed by atoms with Crippen molar-refractivity contribution in [1.82, 2.24) is 9.38 Å². The van der Waals surface area contributed by atoms with Crippen molar-refractivity contribution in [3.8, 4) is 22.4 Å². The minimum atomic E-state index is -4.64. The van der Waals surface area contributed by atoms with E-state index in [0.29, 0.717) is 5.56 Å². The lowest BCUT2D eigenvalue weighted by Crippen LogP contribution is -2.08. The predicted molar refractivity (Wildman–Crippen MR) is 88.3 cm³/mol. The lowest BCUT2D eigenvalue weighted by atomic mass is 10.1. The van der Waals surface area contributed by atoms with Crippen LogP contribution in [0.25, 0.3) is 28.0 Å². The van der Waals surface area contributed by atoms with Gasteiger partial charge in [-0.1, -0.05) is 23.7 Å². The summed E-state index contributed by atoms with van der Waals surface area (Å²) >= 11 is 6.29. The SMILES string of the molecule is Fc1cccc(-c2nc3c(C(F)(F)F)cc(-c4ccoc4)cn3c2Cl)c1. The second-order valence-electron chi connectivity index (χ2n) is 5.61. The second-order valence-corrected chi connectivity index (χ2v) is 5.97. The van der Waals surface area contributed by atoms with Gasteiger partial charge in [0.25, 0.3) is 0 Å². The van der Waals surface area contributed by atoms with Crippen molar-refractivity contribution in [2.75, 3.05) is 0 Å². The number of hydrogen-bond acceptors (Lipinski definition) is 2. The van der Waals surface area contributed by atoms with Crippen LogP contribution in [0.2, 0.25) is 5.15 Å². The number of pyridine rings is 1. The van der Waals surface area contributed by atoms with E-state index < -0.39 is 17.6 Å². The Morgan fingerprint density at radius 2 is 1.85 bits per heavy atom.